The predicted molar refractivity (Wildman–Crippen MR) is 242 cm³/mol. The van der Waals surface area contributed by atoms with E-state index in [1.54, 1.807) is 0 Å². The predicted octanol–water partition coefficient (Wildman–Crippen LogP) is 15.3. The summed E-state index contributed by atoms with van der Waals surface area (Å²) in [6.45, 7) is 21.3. The molecule has 56 heavy (non-hydrogen) atoms. The Balaban J connectivity index is 0.000000243. The number of allylic oxidation sites excluding steroid dienone is 4. The molecule has 0 bridgehead atoms. The van der Waals surface area contributed by atoms with Gasteiger partial charge in [0, 0.05) is 10.0 Å². The monoisotopic (exact) mass is 848 g/mol. The number of fused-ring (bicyclic) bond motifs is 3. The molecule has 0 spiro atoms. The second-order valence-corrected chi connectivity index (χ2v) is 16.5. The third kappa shape index (κ3) is 12.7. The molecule has 0 unspecified atom stereocenters. The first-order valence-electron chi connectivity index (χ1n) is 18.8. The fourth-order valence-corrected chi connectivity index (χ4v) is 6.66. The standard InChI is InChI=1S/C33H33.2C7H6Cl.C5H5.CH2.Zr/c1-32(2,3)30-20-26-24(18-28(30)22-13-9-7-10-14-22)17-25-19-29(23-15-11-8-12-16-23)31(21-27(25)26)33(4,5)6;2*1-6-2-4-7(8)5-3-6;1-2-4-5-3-1;;/h7-16,18,20-21H,17H2,1-6H3;2*2-5H,1H2;1-3H,4H2;1H2;/q4*-1;;. The average Bonchev–Trinajstić information content (AvgIpc) is 3.90. The maximum atomic E-state index is 5.58. The van der Waals surface area contributed by atoms with Crippen LogP contribution in [0.15, 0.2) is 146 Å². The fourth-order valence-electron chi connectivity index (χ4n) is 6.41. The van der Waals surface area contributed by atoms with Crippen LogP contribution in [-0.2, 0) is 41.5 Å². The Morgan fingerprint density at radius 3 is 1.48 bits per heavy atom. The molecule has 6 aromatic carbocycles. The van der Waals surface area contributed by atoms with Crippen molar-refractivity contribution in [3.8, 4) is 33.4 Å². The van der Waals surface area contributed by atoms with E-state index in [-0.39, 0.29) is 10.8 Å². The summed E-state index contributed by atoms with van der Waals surface area (Å²) in [4.78, 5) is 0. The number of rotatable bonds is 2. The summed E-state index contributed by atoms with van der Waals surface area (Å²) >= 11 is 12.5. The SMILES string of the molecule is CC(C)(C)c1cc2c([c-]c1-c1ccccc1)Cc1cc(-c3ccccc3)c(C(C)(C)C)cc1-2.[C-]1=CC=CC1.[CH2-]c1ccc(Cl)cc1.[CH2-]c1ccc(Cl)cc1.[CH2]=[Zr]. The van der Waals surface area contributed by atoms with Gasteiger partial charge in [0.15, 0.2) is 0 Å². The third-order valence-corrected chi connectivity index (χ3v) is 9.74. The van der Waals surface area contributed by atoms with Gasteiger partial charge >= 0.3 is 28.4 Å². The van der Waals surface area contributed by atoms with Crippen LogP contribution >= 0.6 is 23.2 Å². The summed E-state index contributed by atoms with van der Waals surface area (Å²) in [5, 5.41) is 1.52. The van der Waals surface area contributed by atoms with Crippen LogP contribution in [0.3, 0.4) is 0 Å². The van der Waals surface area contributed by atoms with Gasteiger partial charge in [-0.1, -0.05) is 178 Å². The first-order chi connectivity index (χ1) is 26.7. The van der Waals surface area contributed by atoms with Crippen LogP contribution in [0.4, 0.5) is 0 Å². The Hall–Kier alpha value is -4.13. The molecule has 0 nitrogen and oxygen atoms in total. The topological polar surface area (TPSA) is 0 Å². The summed E-state index contributed by atoms with van der Waals surface area (Å²) in [5.74, 6) is 0. The molecule has 0 saturated carbocycles. The van der Waals surface area contributed by atoms with Crippen LogP contribution in [0.5, 0.6) is 0 Å². The van der Waals surface area contributed by atoms with Gasteiger partial charge in [0.2, 0.25) is 0 Å². The molecule has 3 heteroatoms. The number of benzene rings is 6. The Morgan fingerprint density at radius 2 is 1.07 bits per heavy atom. The maximum absolute atomic E-state index is 5.58. The van der Waals surface area contributed by atoms with Gasteiger partial charge in [0.25, 0.3) is 0 Å². The molecule has 0 radical (unpaired) electrons. The molecule has 0 aliphatic heterocycles. The van der Waals surface area contributed by atoms with E-state index in [9.17, 15) is 0 Å². The van der Waals surface area contributed by atoms with E-state index in [0.29, 0.717) is 0 Å². The van der Waals surface area contributed by atoms with Gasteiger partial charge in [0.1, 0.15) is 0 Å². The zero-order valence-corrected chi connectivity index (χ0v) is 37.6. The molecule has 0 amide bonds. The van der Waals surface area contributed by atoms with Crippen LogP contribution in [-0.4, -0.2) is 4.21 Å². The second kappa shape index (κ2) is 20.9. The van der Waals surface area contributed by atoms with E-state index >= 15 is 0 Å². The first kappa shape index (κ1) is 44.6. The van der Waals surface area contributed by atoms with E-state index in [1.165, 1.54) is 79.9 Å². The third-order valence-electron chi connectivity index (χ3n) is 9.24. The van der Waals surface area contributed by atoms with Crippen molar-refractivity contribution in [2.75, 3.05) is 0 Å². The van der Waals surface area contributed by atoms with E-state index in [4.69, 9.17) is 23.2 Å². The van der Waals surface area contributed by atoms with Crippen molar-refractivity contribution in [2.45, 2.75) is 65.2 Å². The molecule has 0 heterocycles. The molecule has 0 saturated heterocycles. The van der Waals surface area contributed by atoms with Crippen LogP contribution in [0.1, 0.15) is 81.3 Å². The van der Waals surface area contributed by atoms with Gasteiger partial charge in [-0.05, 0) is 39.5 Å². The van der Waals surface area contributed by atoms with Crippen molar-refractivity contribution in [3.05, 3.63) is 215 Å². The molecule has 2 aliphatic rings. The molecule has 6 aromatic rings. The number of hydrogen-bond donors (Lipinski definition) is 0. The molecule has 2 aliphatic carbocycles. The van der Waals surface area contributed by atoms with Gasteiger partial charge in [-0.25, -0.2) is 12.2 Å². The van der Waals surface area contributed by atoms with Crippen LogP contribution in [0.2, 0.25) is 10.0 Å². The molecule has 286 valence electrons. The summed E-state index contributed by atoms with van der Waals surface area (Å²) in [7, 11) is 0. The Morgan fingerprint density at radius 1 is 0.589 bits per heavy atom. The normalized spacial score (nSPS) is 11.9. The Bertz CT molecular complexity index is 2000. The average molecular weight is 851 g/mol. The van der Waals surface area contributed by atoms with E-state index < -0.39 is 0 Å². The second-order valence-electron chi connectivity index (χ2n) is 15.7. The van der Waals surface area contributed by atoms with Crippen molar-refractivity contribution in [1.82, 2.24) is 0 Å². The number of hydrogen-bond acceptors (Lipinski definition) is 0. The molecule has 0 N–H and O–H groups in total. The van der Waals surface area contributed by atoms with Gasteiger partial charge in [-0.3, -0.25) is 6.08 Å². The van der Waals surface area contributed by atoms with Gasteiger partial charge in [-0.15, -0.1) is 35.2 Å². The fraction of sp³-hybridized carbons (Fsp3) is 0.189. The summed E-state index contributed by atoms with van der Waals surface area (Å²) in [6, 6.07) is 47.6. The van der Waals surface area contributed by atoms with Crippen LogP contribution in [0, 0.1) is 26.0 Å². The van der Waals surface area contributed by atoms with Crippen molar-refractivity contribution >= 4 is 27.4 Å². The van der Waals surface area contributed by atoms with E-state index in [0.717, 1.165) is 34.0 Å². The van der Waals surface area contributed by atoms with Crippen LogP contribution in [0.25, 0.3) is 33.4 Å². The molecule has 0 fully saturated rings. The Labute approximate surface area is 362 Å². The summed E-state index contributed by atoms with van der Waals surface area (Å²) in [6.07, 6.45) is 10.9. The van der Waals surface area contributed by atoms with Gasteiger partial charge in [-0.2, -0.15) is 55.3 Å². The van der Waals surface area contributed by atoms with E-state index in [2.05, 4.69) is 157 Å². The molecule has 0 atom stereocenters. The van der Waals surface area contributed by atoms with Gasteiger partial charge < -0.3 is 0 Å². The zero-order valence-electron chi connectivity index (χ0n) is 33.6. The molecule has 0 aromatic heterocycles. The zero-order chi connectivity index (χ0) is 40.9. The molecule has 8 rings (SSSR count). The molecular weight excluding hydrogens is 799 g/mol. The first-order valence-corrected chi connectivity index (χ1v) is 21.3. The Kier molecular flexibility index (Phi) is 16.6. The van der Waals surface area contributed by atoms with E-state index in [1.807, 2.05) is 60.7 Å². The quantitative estimate of drug-likeness (QED) is 0.152. The van der Waals surface area contributed by atoms with Crippen LogP contribution < -0.4 is 0 Å². The summed E-state index contributed by atoms with van der Waals surface area (Å²) < 4.78 is 3.34. The van der Waals surface area contributed by atoms with Crippen molar-refractivity contribution in [3.63, 3.8) is 0 Å². The van der Waals surface area contributed by atoms with Crippen molar-refractivity contribution in [1.29, 1.82) is 0 Å². The molecular formula is C53H52Cl2Zr-4. The number of halogens is 2. The van der Waals surface area contributed by atoms with Crippen molar-refractivity contribution < 1.29 is 24.2 Å². The minimum absolute atomic E-state index is 0.0380. The van der Waals surface area contributed by atoms with Crippen molar-refractivity contribution in [2.24, 2.45) is 0 Å². The van der Waals surface area contributed by atoms with Gasteiger partial charge in [0.05, 0.1) is 0 Å². The minimum atomic E-state index is 0.0380. The summed E-state index contributed by atoms with van der Waals surface area (Å²) in [5.41, 5.74) is 15.5.